The van der Waals surface area contributed by atoms with Crippen LogP contribution in [0.4, 0.5) is 5.69 Å². The van der Waals surface area contributed by atoms with Gasteiger partial charge in [-0.3, -0.25) is 4.79 Å². The van der Waals surface area contributed by atoms with Crippen molar-refractivity contribution in [3.05, 3.63) is 89.4 Å². The van der Waals surface area contributed by atoms with Crippen LogP contribution < -0.4 is 5.32 Å². The fourth-order valence-corrected chi connectivity index (χ4v) is 3.73. The van der Waals surface area contributed by atoms with E-state index in [-0.39, 0.29) is 5.69 Å². The van der Waals surface area contributed by atoms with Crippen LogP contribution in [0, 0.1) is 0 Å². The van der Waals surface area contributed by atoms with Gasteiger partial charge in [0.05, 0.1) is 23.2 Å². The lowest BCUT2D eigenvalue weighted by molar-refractivity contribution is -0.119. The van der Waals surface area contributed by atoms with Gasteiger partial charge in [0.2, 0.25) is 0 Å². The molecule has 33 heavy (non-hydrogen) atoms. The molecule has 166 valence electrons. The number of anilines is 1. The molecule has 2 aromatic heterocycles. The number of thiophene rings is 1. The van der Waals surface area contributed by atoms with E-state index in [0.717, 1.165) is 4.88 Å². The lowest BCUT2D eigenvalue weighted by Crippen LogP contribution is -2.22. The Kier molecular flexibility index (Phi) is 6.61. The van der Waals surface area contributed by atoms with E-state index in [1.54, 1.807) is 18.2 Å². The molecule has 0 saturated carbocycles. The van der Waals surface area contributed by atoms with Crippen LogP contribution in [0.2, 0.25) is 0 Å². The molecule has 9 heteroatoms. The molecule has 0 fully saturated rings. The van der Waals surface area contributed by atoms with Crippen LogP contribution in [-0.4, -0.2) is 41.3 Å². The molecule has 0 radical (unpaired) electrons. The zero-order chi connectivity index (χ0) is 23.2. The standard InChI is InChI=1S/C24H19N3O5S/c1-31-23(29)16-9-11-17(12-10-16)25-22(28)15-32-24(30)20-14-19(21-8-5-13-33-21)26-27(20)18-6-3-2-4-7-18/h2-14H,15H2,1H3,(H,25,28). The summed E-state index contributed by atoms with van der Waals surface area (Å²) in [6.07, 6.45) is 0. The molecule has 0 unspecified atom stereocenters. The average molecular weight is 461 g/mol. The van der Waals surface area contributed by atoms with Crippen LogP contribution in [0.5, 0.6) is 0 Å². The Morgan fingerprint density at radius 1 is 0.970 bits per heavy atom. The molecule has 0 spiro atoms. The zero-order valence-electron chi connectivity index (χ0n) is 17.6. The van der Waals surface area contributed by atoms with Crippen LogP contribution in [0.1, 0.15) is 20.8 Å². The summed E-state index contributed by atoms with van der Waals surface area (Å²) >= 11 is 1.51. The second kappa shape index (κ2) is 9.92. The van der Waals surface area contributed by atoms with E-state index in [4.69, 9.17) is 4.74 Å². The second-order valence-corrected chi connectivity index (χ2v) is 7.78. The maximum absolute atomic E-state index is 12.8. The van der Waals surface area contributed by atoms with Gasteiger partial charge in [0.25, 0.3) is 5.91 Å². The van der Waals surface area contributed by atoms with Crippen molar-refractivity contribution in [2.24, 2.45) is 0 Å². The first-order chi connectivity index (χ1) is 16.0. The van der Waals surface area contributed by atoms with Gasteiger partial charge >= 0.3 is 11.9 Å². The van der Waals surface area contributed by atoms with Gasteiger partial charge in [-0.1, -0.05) is 24.3 Å². The molecule has 0 aliphatic heterocycles. The first-order valence-electron chi connectivity index (χ1n) is 9.90. The van der Waals surface area contributed by atoms with Crippen molar-refractivity contribution in [1.82, 2.24) is 9.78 Å². The number of ether oxygens (including phenoxy) is 2. The Balaban J connectivity index is 1.45. The van der Waals surface area contributed by atoms with E-state index >= 15 is 0 Å². The Labute approximate surface area is 193 Å². The Bertz CT molecular complexity index is 1270. The molecule has 0 atom stereocenters. The number of nitrogens with one attached hydrogen (secondary N) is 1. The molecule has 0 aliphatic rings. The minimum atomic E-state index is -0.676. The maximum atomic E-state index is 12.8. The molecular weight excluding hydrogens is 442 g/mol. The number of hydrogen-bond acceptors (Lipinski definition) is 7. The Morgan fingerprint density at radius 2 is 1.73 bits per heavy atom. The highest BCUT2D eigenvalue weighted by Crippen LogP contribution is 2.26. The van der Waals surface area contributed by atoms with Crippen molar-refractivity contribution in [3.63, 3.8) is 0 Å². The predicted octanol–water partition coefficient (Wildman–Crippen LogP) is 4.18. The molecule has 1 amide bonds. The topological polar surface area (TPSA) is 99.5 Å². The second-order valence-electron chi connectivity index (χ2n) is 6.83. The zero-order valence-corrected chi connectivity index (χ0v) is 18.4. The monoisotopic (exact) mass is 461 g/mol. The van der Waals surface area contributed by atoms with Crippen LogP contribution in [0.25, 0.3) is 16.3 Å². The third-order valence-electron chi connectivity index (χ3n) is 4.62. The summed E-state index contributed by atoms with van der Waals surface area (Å²) in [4.78, 5) is 37.5. The van der Waals surface area contributed by atoms with E-state index in [1.165, 1.54) is 35.3 Å². The van der Waals surface area contributed by atoms with Crippen molar-refractivity contribution in [2.75, 3.05) is 19.0 Å². The molecule has 8 nitrogen and oxygen atoms in total. The third-order valence-corrected chi connectivity index (χ3v) is 5.51. The van der Waals surface area contributed by atoms with Crippen molar-refractivity contribution < 1.29 is 23.9 Å². The van der Waals surface area contributed by atoms with Crippen molar-refractivity contribution >= 4 is 34.9 Å². The Morgan fingerprint density at radius 3 is 2.39 bits per heavy atom. The number of carbonyl (C=O) groups excluding carboxylic acids is 3. The quantitative estimate of drug-likeness (QED) is 0.415. The van der Waals surface area contributed by atoms with E-state index < -0.39 is 24.5 Å². The van der Waals surface area contributed by atoms with E-state index in [2.05, 4.69) is 15.2 Å². The lowest BCUT2D eigenvalue weighted by atomic mass is 10.2. The highest BCUT2D eigenvalue weighted by molar-refractivity contribution is 7.13. The number of benzene rings is 2. The smallest absolute Gasteiger partial charge is 0.357 e. The summed E-state index contributed by atoms with van der Waals surface area (Å²) in [6.45, 7) is -0.480. The maximum Gasteiger partial charge on any atom is 0.357 e. The van der Waals surface area contributed by atoms with Gasteiger partial charge in [-0.2, -0.15) is 5.10 Å². The van der Waals surface area contributed by atoms with Gasteiger partial charge in [0.15, 0.2) is 12.3 Å². The van der Waals surface area contributed by atoms with Gasteiger partial charge < -0.3 is 14.8 Å². The molecule has 2 heterocycles. The van der Waals surface area contributed by atoms with Gasteiger partial charge in [-0.25, -0.2) is 14.3 Å². The van der Waals surface area contributed by atoms with Crippen LogP contribution >= 0.6 is 11.3 Å². The highest BCUT2D eigenvalue weighted by Gasteiger charge is 2.20. The number of methoxy groups -OCH3 is 1. The van der Waals surface area contributed by atoms with Gasteiger partial charge in [0.1, 0.15) is 5.69 Å². The van der Waals surface area contributed by atoms with Gasteiger partial charge in [0, 0.05) is 11.8 Å². The number of amides is 1. The molecule has 4 aromatic rings. The highest BCUT2D eigenvalue weighted by atomic mass is 32.1. The van der Waals surface area contributed by atoms with Crippen molar-refractivity contribution in [2.45, 2.75) is 0 Å². The Hall–Kier alpha value is -4.24. The minimum absolute atomic E-state index is 0.208. The lowest BCUT2D eigenvalue weighted by Gasteiger charge is -2.09. The first kappa shape index (κ1) is 22.0. The summed E-state index contributed by atoms with van der Waals surface area (Å²) in [6, 6.07) is 20.8. The van der Waals surface area contributed by atoms with Gasteiger partial charge in [-0.15, -0.1) is 11.3 Å². The van der Waals surface area contributed by atoms with Crippen LogP contribution in [0.15, 0.2) is 78.2 Å². The summed E-state index contributed by atoms with van der Waals surface area (Å²) in [5.74, 6) is -1.66. The van der Waals surface area contributed by atoms with Crippen molar-refractivity contribution in [3.8, 4) is 16.3 Å². The average Bonchev–Trinajstić information content (AvgIpc) is 3.53. The summed E-state index contributed by atoms with van der Waals surface area (Å²) in [5, 5.41) is 9.10. The summed E-state index contributed by atoms with van der Waals surface area (Å²) in [7, 11) is 1.29. The summed E-state index contributed by atoms with van der Waals surface area (Å²) < 4.78 is 11.4. The molecular formula is C24H19N3O5S. The van der Waals surface area contributed by atoms with Crippen molar-refractivity contribution in [1.29, 1.82) is 0 Å². The first-order valence-corrected chi connectivity index (χ1v) is 10.8. The number of carbonyl (C=O) groups is 3. The fourth-order valence-electron chi connectivity index (χ4n) is 3.05. The number of para-hydroxylation sites is 1. The molecule has 0 saturated heterocycles. The largest absolute Gasteiger partial charge is 0.465 e. The number of nitrogens with zero attached hydrogens (tertiary/aromatic N) is 2. The molecule has 1 N–H and O–H groups in total. The number of hydrogen-bond donors (Lipinski definition) is 1. The normalized spacial score (nSPS) is 10.5. The SMILES string of the molecule is COC(=O)c1ccc(NC(=O)COC(=O)c2cc(-c3cccs3)nn2-c2ccccc2)cc1. The number of rotatable bonds is 7. The minimum Gasteiger partial charge on any atom is -0.465 e. The van der Waals surface area contributed by atoms with E-state index in [0.29, 0.717) is 22.6 Å². The number of esters is 2. The number of aromatic nitrogens is 2. The summed E-state index contributed by atoms with van der Waals surface area (Å²) in [5.41, 5.74) is 2.36. The van der Waals surface area contributed by atoms with Crippen LogP contribution in [-0.2, 0) is 14.3 Å². The van der Waals surface area contributed by atoms with E-state index in [1.807, 2.05) is 47.8 Å². The van der Waals surface area contributed by atoms with Crippen LogP contribution in [0.3, 0.4) is 0 Å². The van der Waals surface area contributed by atoms with Gasteiger partial charge in [-0.05, 0) is 47.8 Å². The third kappa shape index (κ3) is 5.16. The predicted molar refractivity (Wildman–Crippen MR) is 124 cm³/mol. The van der Waals surface area contributed by atoms with E-state index in [9.17, 15) is 14.4 Å². The molecule has 0 bridgehead atoms. The molecule has 2 aromatic carbocycles. The molecule has 4 rings (SSSR count). The molecule has 0 aliphatic carbocycles. The fraction of sp³-hybridized carbons (Fsp3) is 0.0833.